The number of ether oxygens (including phenoxy) is 1. The lowest BCUT2D eigenvalue weighted by atomic mass is 10.2. The van der Waals surface area contributed by atoms with Crippen molar-refractivity contribution >= 4 is 11.6 Å². The van der Waals surface area contributed by atoms with Crippen molar-refractivity contribution < 1.29 is 4.74 Å². The second-order valence-corrected chi connectivity index (χ2v) is 7.25. The van der Waals surface area contributed by atoms with E-state index in [1.807, 2.05) is 7.05 Å². The summed E-state index contributed by atoms with van der Waals surface area (Å²) in [6.45, 7) is 12.2. The lowest BCUT2D eigenvalue weighted by Gasteiger charge is -2.40. The van der Waals surface area contributed by atoms with Crippen molar-refractivity contribution in [2.45, 2.75) is 25.9 Å². The predicted octanol–water partition coefficient (Wildman–Crippen LogP) is 1.49. The van der Waals surface area contributed by atoms with Gasteiger partial charge in [-0.05, 0) is 26.0 Å². The Bertz CT molecular complexity index is 571. The number of anilines is 1. The summed E-state index contributed by atoms with van der Waals surface area (Å²) < 4.78 is 5.55. The van der Waals surface area contributed by atoms with E-state index in [0.717, 1.165) is 58.4 Å². The van der Waals surface area contributed by atoms with Crippen LogP contribution < -0.4 is 10.2 Å². The van der Waals surface area contributed by atoms with Crippen molar-refractivity contribution in [1.82, 2.24) is 15.1 Å². The number of nitrogens with one attached hydrogen (secondary N) is 1. The van der Waals surface area contributed by atoms with E-state index >= 15 is 0 Å². The number of para-hydroxylation sites is 1. The van der Waals surface area contributed by atoms with Gasteiger partial charge in [0.1, 0.15) is 0 Å². The monoisotopic (exact) mass is 359 g/mol. The molecule has 6 nitrogen and oxygen atoms in total. The number of nitrogens with zero attached hydrogens (tertiary/aromatic N) is 4. The van der Waals surface area contributed by atoms with Gasteiger partial charge in [0, 0.05) is 64.1 Å². The molecular formula is C20H33N5O. The fraction of sp³-hybridized carbons (Fsp3) is 0.650. The zero-order chi connectivity index (χ0) is 18.4. The van der Waals surface area contributed by atoms with Gasteiger partial charge in [-0.2, -0.15) is 0 Å². The van der Waals surface area contributed by atoms with E-state index in [2.05, 4.69) is 69.2 Å². The molecule has 0 aromatic heterocycles. The molecule has 2 saturated heterocycles. The Kier molecular flexibility index (Phi) is 6.74. The second-order valence-electron chi connectivity index (χ2n) is 7.25. The molecule has 2 atom stereocenters. The quantitative estimate of drug-likeness (QED) is 0.652. The Morgan fingerprint density at radius 1 is 1.19 bits per heavy atom. The van der Waals surface area contributed by atoms with Gasteiger partial charge < -0.3 is 19.9 Å². The first-order valence-electron chi connectivity index (χ1n) is 9.78. The lowest BCUT2D eigenvalue weighted by molar-refractivity contribution is -0.0175. The summed E-state index contributed by atoms with van der Waals surface area (Å²) in [4.78, 5) is 11.9. The summed E-state index contributed by atoms with van der Waals surface area (Å²) in [5.74, 6) is 1.02. The molecule has 2 unspecified atom stereocenters. The molecule has 2 heterocycles. The molecule has 2 aliphatic rings. The zero-order valence-corrected chi connectivity index (χ0v) is 16.4. The first-order valence-corrected chi connectivity index (χ1v) is 9.78. The van der Waals surface area contributed by atoms with Gasteiger partial charge in [-0.15, -0.1) is 0 Å². The summed E-state index contributed by atoms with van der Waals surface area (Å²) in [5, 5.41) is 3.59. The minimum atomic E-state index is 0.469. The number of benzene rings is 1. The van der Waals surface area contributed by atoms with Gasteiger partial charge in [0.25, 0.3) is 0 Å². The van der Waals surface area contributed by atoms with Crippen LogP contribution in [-0.2, 0) is 4.74 Å². The number of rotatable bonds is 4. The van der Waals surface area contributed by atoms with Crippen LogP contribution in [0.4, 0.5) is 5.69 Å². The minimum absolute atomic E-state index is 0.469. The molecule has 3 rings (SSSR count). The first kappa shape index (κ1) is 19.0. The van der Waals surface area contributed by atoms with E-state index in [1.54, 1.807) is 0 Å². The molecule has 6 heteroatoms. The summed E-state index contributed by atoms with van der Waals surface area (Å²) >= 11 is 0. The highest BCUT2D eigenvalue weighted by Crippen LogP contribution is 2.15. The van der Waals surface area contributed by atoms with Gasteiger partial charge in [0.2, 0.25) is 0 Å². The topological polar surface area (TPSA) is 43.3 Å². The van der Waals surface area contributed by atoms with Crippen molar-refractivity contribution in [3.05, 3.63) is 30.3 Å². The number of aliphatic imine (C=N–C) groups is 1. The van der Waals surface area contributed by atoms with Crippen LogP contribution in [0, 0.1) is 0 Å². The summed E-state index contributed by atoms with van der Waals surface area (Å²) in [6.07, 6.45) is 0. The highest BCUT2D eigenvalue weighted by molar-refractivity contribution is 5.80. The van der Waals surface area contributed by atoms with Crippen LogP contribution in [-0.4, -0.2) is 87.4 Å². The highest BCUT2D eigenvalue weighted by Gasteiger charge is 2.25. The van der Waals surface area contributed by atoms with Crippen LogP contribution in [0.2, 0.25) is 0 Å². The normalized spacial score (nSPS) is 23.8. The van der Waals surface area contributed by atoms with Gasteiger partial charge in [-0.25, -0.2) is 0 Å². The van der Waals surface area contributed by atoms with Gasteiger partial charge in [-0.1, -0.05) is 18.2 Å². The number of hydrogen-bond donors (Lipinski definition) is 1. The van der Waals surface area contributed by atoms with Crippen LogP contribution in [0.3, 0.4) is 0 Å². The van der Waals surface area contributed by atoms with Crippen LogP contribution in [0.5, 0.6) is 0 Å². The molecule has 0 radical (unpaired) electrons. The molecule has 0 saturated carbocycles. The van der Waals surface area contributed by atoms with Crippen LogP contribution in [0.25, 0.3) is 0 Å². The summed E-state index contributed by atoms with van der Waals surface area (Å²) in [5.41, 5.74) is 1.31. The molecule has 2 fully saturated rings. The Labute approximate surface area is 157 Å². The van der Waals surface area contributed by atoms with Crippen molar-refractivity contribution in [3.8, 4) is 0 Å². The third-order valence-electron chi connectivity index (χ3n) is 5.45. The van der Waals surface area contributed by atoms with Crippen LogP contribution in [0.15, 0.2) is 35.3 Å². The molecule has 1 N–H and O–H groups in total. The van der Waals surface area contributed by atoms with Gasteiger partial charge >= 0.3 is 0 Å². The number of morpholine rings is 1. The van der Waals surface area contributed by atoms with Crippen molar-refractivity contribution in [3.63, 3.8) is 0 Å². The lowest BCUT2D eigenvalue weighted by Crippen LogP contribution is -2.56. The minimum Gasteiger partial charge on any atom is -0.379 e. The van der Waals surface area contributed by atoms with E-state index < -0.39 is 0 Å². The maximum atomic E-state index is 5.55. The third-order valence-corrected chi connectivity index (χ3v) is 5.45. The molecule has 2 aliphatic heterocycles. The predicted molar refractivity (Wildman–Crippen MR) is 108 cm³/mol. The molecular weight excluding hydrogens is 326 g/mol. The van der Waals surface area contributed by atoms with E-state index in [0.29, 0.717) is 12.1 Å². The van der Waals surface area contributed by atoms with Crippen molar-refractivity contribution in [2.24, 2.45) is 4.99 Å². The number of guanidine groups is 1. The van der Waals surface area contributed by atoms with E-state index in [1.165, 1.54) is 5.69 Å². The fourth-order valence-electron chi connectivity index (χ4n) is 3.90. The molecule has 26 heavy (non-hydrogen) atoms. The Morgan fingerprint density at radius 3 is 2.58 bits per heavy atom. The molecule has 144 valence electrons. The molecule has 0 aliphatic carbocycles. The van der Waals surface area contributed by atoms with Crippen molar-refractivity contribution in [1.29, 1.82) is 0 Å². The summed E-state index contributed by atoms with van der Waals surface area (Å²) in [7, 11) is 1.88. The van der Waals surface area contributed by atoms with E-state index in [-0.39, 0.29) is 0 Å². The Balaban J connectivity index is 1.47. The number of hydrogen-bond acceptors (Lipinski definition) is 4. The van der Waals surface area contributed by atoms with Crippen molar-refractivity contribution in [2.75, 3.05) is 64.4 Å². The highest BCUT2D eigenvalue weighted by atomic mass is 16.5. The largest absolute Gasteiger partial charge is 0.379 e. The average Bonchev–Trinajstić information content (AvgIpc) is 2.70. The molecule has 1 aromatic rings. The first-order chi connectivity index (χ1) is 12.7. The fourth-order valence-corrected chi connectivity index (χ4v) is 3.90. The molecule has 0 spiro atoms. The molecule has 1 aromatic carbocycles. The van der Waals surface area contributed by atoms with Gasteiger partial charge in [0.05, 0.1) is 13.2 Å². The molecule has 0 bridgehead atoms. The summed E-state index contributed by atoms with van der Waals surface area (Å²) in [6, 6.07) is 11.6. The Morgan fingerprint density at radius 2 is 1.92 bits per heavy atom. The third kappa shape index (κ3) is 4.68. The van der Waals surface area contributed by atoms with Gasteiger partial charge in [0.15, 0.2) is 5.96 Å². The van der Waals surface area contributed by atoms with E-state index in [9.17, 15) is 0 Å². The number of piperazine rings is 1. The maximum absolute atomic E-state index is 5.55. The van der Waals surface area contributed by atoms with Crippen LogP contribution in [0.1, 0.15) is 13.8 Å². The van der Waals surface area contributed by atoms with Crippen LogP contribution >= 0.6 is 0 Å². The standard InChI is InChI=1S/C20H33N5O/c1-17(25-13-14-26-16-18(25)2)15-22-20(21-3)24-11-9-23(10-12-24)19-7-5-4-6-8-19/h4-8,17-18H,9-16H2,1-3H3,(H,21,22). The average molecular weight is 360 g/mol. The maximum Gasteiger partial charge on any atom is 0.193 e. The Hall–Kier alpha value is -1.79. The van der Waals surface area contributed by atoms with Gasteiger partial charge in [-0.3, -0.25) is 9.89 Å². The smallest absolute Gasteiger partial charge is 0.193 e. The molecule has 0 amide bonds. The second kappa shape index (κ2) is 9.24. The zero-order valence-electron chi connectivity index (χ0n) is 16.4. The SMILES string of the molecule is CN=C(NCC(C)N1CCOCC1C)N1CCN(c2ccccc2)CC1. The van der Waals surface area contributed by atoms with E-state index in [4.69, 9.17) is 4.74 Å².